The lowest BCUT2D eigenvalue weighted by molar-refractivity contribution is -0.123. The van der Waals surface area contributed by atoms with Gasteiger partial charge in [0.1, 0.15) is 5.76 Å². The fourth-order valence-electron chi connectivity index (χ4n) is 0.603. The number of hydrogen-bond acceptors (Lipinski definition) is 4. The highest BCUT2D eigenvalue weighted by atomic mass is 16.6. The minimum atomic E-state index is -1.26. The minimum absolute atomic E-state index is 0.0330. The van der Waals surface area contributed by atoms with Gasteiger partial charge in [-0.2, -0.15) is 0 Å². The van der Waals surface area contributed by atoms with E-state index in [1.54, 1.807) is 0 Å². The highest BCUT2D eigenvalue weighted by Gasteiger charge is 2.18. The first kappa shape index (κ1) is 6.54. The van der Waals surface area contributed by atoms with Crippen LogP contribution < -0.4 is 0 Å². The van der Waals surface area contributed by atoms with Gasteiger partial charge in [0, 0.05) is 0 Å². The Bertz CT molecular complexity index is 131. The van der Waals surface area contributed by atoms with E-state index in [1.807, 2.05) is 0 Å². The van der Waals surface area contributed by atoms with Crippen LogP contribution in [-0.2, 0) is 4.74 Å². The summed E-state index contributed by atoms with van der Waals surface area (Å²) in [6.07, 6.45) is -0.907. The van der Waals surface area contributed by atoms with E-state index in [0.717, 1.165) is 6.08 Å². The lowest BCUT2D eigenvalue weighted by Crippen LogP contribution is -2.28. The van der Waals surface area contributed by atoms with Gasteiger partial charge >= 0.3 is 0 Å². The summed E-state index contributed by atoms with van der Waals surface area (Å²) >= 11 is 0. The molecule has 0 aromatic rings. The second-order valence-corrected chi connectivity index (χ2v) is 1.84. The smallest absolute Gasteiger partial charge is 0.213 e. The van der Waals surface area contributed by atoms with Gasteiger partial charge < -0.3 is 20.1 Å². The second kappa shape index (κ2) is 2.34. The van der Waals surface area contributed by atoms with Crippen LogP contribution >= 0.6 is 0 Å². The van der Waals surface area contributed by atoms with Crippen LogP contribution in [0.5, 0.6) is 0 Å². The monoisotopic (exact) mass is 132 g/mol. The molecule has 0 radical (unpaired) electrons. The molecule has 1 aliphatic rings. The summed E-state index contributed by atoms with van der Waals surface area (Å²) < 4.78 is 4.49. The molecule has 0 fully saturated rings. The van der Waals surface area contributed by atoms with Crippen molar-refractivity contribution in [3.63, 3.8) is 0 Å². The molecule has 4 heteroatoms. The Hall–Kier alpha value is -0.580. The molecule has 0 bridgehead atoms. The van der Waals surface area contributed by atoms with Gasteiger partial charge in [-0.1, -0.05) is 0 Å². The third kappa shape index (κ3) is 1.41. The third-order valence-electron chi connectivity index (χ3n) is 1.04. The highest BCUT2D eigenvalue weighted by Crippen LogP contribution is 2.08. The van der Waals surface area contributed by atoms with Gasteiger partial charge in [0.05, 0.1) is 12.7 Å². The molecule has 9 heavy (non-hydrogen) atoms. The SMILES string of the molecule is OC1=CC(O)COC1O. The molecule has 0 aromatic heterocycles. The van der Waals surface area contributed by atoms with Crippen LogP contribution in [0.2, 0.25) is 0 Å². The normalized spacial score (nSPS) is 36.0. The van der Waals surface area contributed by atoms with Crippen LogP contribution in [0.25, 0.3) is 0 Å². The van der Waals surface area contributed by atoms with Crippen LogP contribution in [-0.4, -0.2) is 34.3 Å². The largest absolute Gasteiger partial charge is 0.507 e. The zero-order valence-electron chi connectivity index (χ0n) is 4.69. The summed E-state index contributed by atoms with van der Waals surface area (Å²) in [7, 11) is 0. The zero-order chi connectivity index (χ0) is 6.85. The standard InChI is InChI=1S/C5H8O4/c6-3-1-4(7)5(8)9-2-3/h1,3,5-8H,2H2. The van der Waals surface area contributed by atoms with Crippen LogP contribution in [0.3, 0.4) is 0 Å². The van der Waals surface area contributed by atoms with Crippen LogP contribution in [0, 0.1) is 0 Å². The van der Waals surface area contributed by atoms with Gasteiger partial charge in [-0.3, -0.25) is 0 Å². The average Bonchev–Trinajstić information content (AvgIpc) is 1.80. The summed E-state index contributed by atoms with van der Waals surface area (Å²) in [6.45, 7) is 0.0330. The van der Waals surface area contributed by atoms with Crippen molar-refractivity contribution in [3.8, 4) is 0 Å². The molecule has 2 atom stereocenters. The maximum Gasteiger partial charge on any atom is 0.213 e. The Morgan fingerprint density at radius 1 is 1.56 bits per heavy atom. The average molecular weight is 132 g/mol. The number of aliphatic hydroxyl groups excluding tert-OH is 3. The lowest BCUT2D eigenvalue weighted by Gasteiger charge is -2.18. The van der Waals surface area contributed by atoms with Gasteiger partial charge in [-0.05, 0) is 6.08 Å². The van der Waals surface area contributed by atoms with E-state index in [2.05, 4.69) is 4.74 Å². The van der Waals surface area contributed by atoms with E-state index in [-0.39, 0.29) is 12.4 Å². The second-order valence-electron chi connectivity index (χ2n) is 1.84. The molecule has 0 aromatic carbocycles. The molecule has 0 amide bonds. The Labute approximate surface area is 52.0 Å². The fraction of sp³-hybridized carbons (Fsp3) is 0.600. The van der Waals surface area contributed by atoms with Gasteiger partial charge in [0.25, 0.3) is 0 Å². The van der Waals surface area contributed by atoms with Crippen molar-refractivity contribution in [2.24, 2.45) is 0 Å². The number of hydrogen-bond donors (Lipinski definition) is 3. The summed E-state index contributed by atoms with van der Waals surface area (Å²) in [4.78, 5) is 0. The summed E-state index contributed by atoms with van der Waals surface area (Å²) in [5.74, 6) is -0.325. The van der Waals surface area contributed by atoms with Crippen molar-refractivity contribution in [1.29, 1.82) is 0 Å². The van der Waals surface area contributed by atoms with Gasteiger partial charge in [0.15, 0.2) is 0 Å². The molecule has 0 saturated carbocycles. The van der Waals surface area contributed by atoms with Crippen LogP contribution in [0.4, 0.5) is 0 Å². The van der Waals surface area contributed by atoms with Crippen LogP contribution in [0.1, 0.15) is 0 Å². The maximum atomic E-state index is 8.72. The molecule has 3 N–H and O–H groups in total. The number of aliphatic hydroxyl groups is 3. The van der Waals surface area contributed by atoms with Crippen molar-refractivity contribution in [2.45, 2.75) is 12.4 Å². The first-order valence-electron chi connectivity index (χ1n) is 2.58. The lowest BCUT2D eigenvalue weighted by atomic mass is 10.2. The Morgan fingerprint density at radius 2 is 2.22 bits per heavy atom. The third-order valence-corrected chi connectivity index (χ3v) is 1.04. The van der Waals surface area contributed by atoms with Crippen molar-refractivity contribution in [1.82, 2.24) is 0 Å². The van der Waals surface area contributed by atoms with E-state index in [4.69, 9.17) is 15.3 Å². The van der Waals surface area contributed by atoms with Crippen molar-refractivity contribution < 1.29 is 20.1 Å². The molecule has 1 heterocycles. The summed E-state index contributed by atoms with van der Waals surface area (Å²) in [5, 5.41) is 26.0. The van der Waals surface area contributed by atoms with Gasteiger partial charge in [-0.25, -0.2) is 0 Å². The maximum absolute atomic E-state index is 8.72. The minimum Gasteiger partial charge on any atom is -0.507 e. The molecule has 0 saturated heterocycles. The predicted octanol–water partition coefficient (Wildman–Crippen LogP) is -0.862. The topological polar surface area (TPSA) is 69.9 Å². The molecular weight excluding hydrogens is 124 g/mol. The summed E-state index contributed by atoms with van der Waals surface area (Å²) in [5.41, 5.74) is 0. The van der Waals surface area contributed by atoms with E-state index < -0.39 is 12.4 Å². The molecule has 2 unspecified atom stereocenters. The fourth-order valence-corrected chi connectivity index (χ4v) is 0.603. The van der Waals surface area contributed by atoms with E-state index in [9.17, 15) is 0 Å². The highest BCUT2D eigenvalue weighted by molar-refractivity contribution is 5.01. The van der Waals surface area contributed by atoms with E-state index in [1.165, 1.54) is 0 Å². The summed E-state index contributed by atoms with van der Waals surface area (Å²) in [6, 6.07) is 0. The van der Waals surface area contributed by atoms with E-state index in [0.29, 0.717) is 0 Å². The van der Waals surface area contributed by atoms with Crippen molar-refractivity contribution in [2.75, 3.05) is 6.61 Å². The Morgan fingerprint density at radius 3 is 2.67 bits per heavy atom. The van der Waals surface area contributed by atoms with Crippen molar-refractivity contribution in [3.05, 3.63) is 11.8 Å². The molecule has 4 nitrogen and oxygen atoms in total. The molecule has 0 aliphatic carbocycles. The van der Waals surface area contributed by atoms with E-state index >= 15 is 0 Å². The predicted molar refractivity (Wildman–Crippen MR) is 28.7 cm³/mol. The van der Waals surface area contributed by atoms with Gasteiger partial charge in [-0.15, -0.1) is 0 Å². The molecular formula is C5H8O4. The van der Waals surface area contributed by atoms with Crippen molar-refractivity contribution >= 4 is 0 Å². The first-order chi connectivity index (χ1) is 4.20. The molecule has 1 aliphatic heterocycles. The molecule has 0 spiro atoms. The zero-order valence-corrected chi connectivity index (χ0v) is 4.69. The number of rotatable bonds is 0. The van der Waals surface area contributed by atoms with Gasteiger partial charge in [0.2, 0.25) is 6.29 Å². The van der Waals surface area contributed by atoms with Crippen LogP contribution in [0.15, 0.2) is 11.8 Å². The quantitative estimate of drug-likeness (QED) is 0.401. The number of ether oxygens (including phenoxy) is 1. The Balaban J connectivity index is 2.61. The molecule has 52 valence electrons. The molecule has 1 rings (SSSR count). The first-order valence-corrected chi connectivity index (χ1v) is 2.58. The Kier molecular flexibility index (Phi) is 1.70.